The second kappa shape index (κ2) is 7.11. The lowest BCUT2D eigenvalue weighted by Gasteiger charge is -2.18. The van der Waals surface area contributed by atoms with Gasteiger partial charge in [0.15, 0.2) is 0 Å². The third-order valence-corrected chi connectivity index (χ3v) is 3.14. The molecule has 1 unspecified atom stereocenters. The average Bonchev–Trinajstić information content (AvgIpc) is 2.39. The maximum absolute atomic E-state index is 2.31. The topological polar surface area (TPSA) is 0 Å². The molecule has 0 saturated carbocycles. The van der Waals surface area contributed by atoms with Crippen molar-refractivity contribution in [2.45, 2.75) is 46.5 Å². The summed E-state index contributed by atoms with van der Waals surface area (Å²) in [5.41, 5.74) is 4.39. The number of hydrogen-bond acceptors (Lipinski definition) is 0. The van der Waals surface area contributed by atoms with Crippen LogP contribution in [0.15, 0.2) is 42.5 Å². The van der Waals surface area contributed by atoms with Crippen LogP contribution < -0.4 is 0 Å². The number of rotatable bonds is 1. The maximum atomic E-state index is 2.31. The van der Waals surface area contributed by atoms with Crippen LogP contribution in [0.25, 0.3) is 5.57 Å². The van der Waals surface area contributed by atoms with Crippen LogP contribution in [0, 0.1) is 0 Å². The average molecular weight is 228 g/mol. The van der Waals surface area contributed by atoms with Gasteiger partial charge in [-0.15, -0.1) is 0 Å². The quantitative estimate of drug-likeness (QED) is 0.589. The van der Waals surface area contributed by atoms with Gasteiger partial charge in [-0.2, -0.15) is 0 Å². The first-order valence-corrected chi connectivity index (χ1v) is 6.78. The van der Waals surface area contributed by atoms with Crippen LogP contribution in [0.4, 0.5) is 0 Å². The molecule has 0 heteroatoms. The highest BCUT2D eigenvalue weighted by Gasteiger charge is 2.12. The van der Waals surface area contributed by atoms with Crippen LogP contribution in [0.5, 0.6) is 0 Å². The van der Waals surface area contributed by atoms with Crippen molar-refractivity contribution in [1.82, 2.24) is 0 Å². The summed E-state index contributed by atoms with van der Waals surface area (Å²) < 4.78 is 0. The number of allylic oxidation sites excluding steroid dienone is 4. The Morgan fingerprint density at radius 3 is 2.59 bits per heavy atom. The zero-order valence-corrected chi connectivity index (χ0v) is 11.5. The Labute approximate surface area is 106 Å². The van der Waals surface area contributed by atoms with Gasteiger partial charge < -0.3 is 0 Å². The lowest BCUT2D eigenvalue weighted by molar-refractivity contribution is 0.775. The van der Waals surface area contributed by atoms with Crippen LogP contribution in [0.1, 0.15) is 57.6 Å². The molecule has 1 aromatic carbocycles. The number of benzene rings is 1. The SMILES string of the molecule is CC.CC/C1=C/C=C/CC(C)c2ccccc21. The smallest absolute Gasteiger partial charge is 0.0150 e. The Balaban J connectivity index is 0.000000686. The van der Waals surface area contributed by atoms with Gasteiger partial charge in [0.25, 0.3) is 0 Å². The van der Waals surface area contributed by atoms with Crippen molar-refractivity contribution in [3.63, 3.8) is 0 Å². The van der Waals surface area contributed by atoms with Gasteiger partial charge in [0.1, 0.15) is 0 Å². The Morgan fingerprint density at radius 1 is 1.18 bits per heavy atom. The summed E-state index contributed by atoms with van der Waals surface area (Å²) in [4.78, 5) is 0. The first-order valence-electron chi connectivity index (χ1n) is 6.78. The van der Waals surface area contributed by atoms with Crippen LogP contribution in [-0.2, 0) is 0 Å². The molecule has 17 heavy (non-hydrogen) atoms. The van der Waals surface area contributed by atoms with Crippen LogP contribution in [0.3, 0.4) is 0 Å². The minimum absolute atomic E-state index is 0.632. The minimum Gasteiger partial charge on any atom is -0.0839 e. The molecule has 0 fully saturated rings. The van der Waals surface area contributed by atoms with Gasteiger partial charge in [-0.1, -0.05) is 70.2 Å². The zero-order chi connectivity index (χ0) is 12.7. The molecule has 0 heterocycles. The Bertz CT molecular complexity index is 396. The minimum atomic E-state index is 0.632. The Morgan fingerprint density at radius 2 is 1.88 bits per heavy atom. The highest BCUT2D eigenvalue weighted by atomic mass is 14.2. The summed E-state index contributed by atoms with van der Waals surface area (Å²) >= 11 is 0. The molecule has 0 aliphatic heterocycles. The van der Waals surface area contributed by atoms with Gasteiger partial charge >= 0.3 is 0 Å². The van der Waals surface area contributed by atoms with E-state index in [1.807, 2.05) is 13.8 Å². The fourth-order valence-electron chi connectivity index (χ4n) is 2.21. The Kier molecular flexibility index (Phi) is 5.76. The molecular weight excluding hydrogens is 204 g/mol. The van der Waals surface area contributed by atoms with Crippen LogP contribution in [0.2, 0.25) is 0 Å². The third kappa shape index (κ3) is 3.33. The fraction of sp³-hybridized carbons (Fsp3) is 0.412. The van der Waals surface area contributed by atoms with Gasteiger partial charge in [-0.05, 0) is 35.5 Å². The molecule has 2 rings (SSSR count). The molecule has 0 radical (unpaired) electrons. The second-order valence-electron chi connectivity index (χ2n) is 4.20. The molecule has 1 aromatic rings. The summed E-state index contributed by atoms with van der Waals surface area (Å²) in [7, 11) is 0. The maximum Gasteiger partial charge on any atom is -0.0150 e. The molecular formula is C17H24. The summed E-state index contributed by atoms with van der Waals surface area (Å²) in [6, 6.07) is 8.80. The van der Waals surface area contributed by atoms with E-state index in [4.69, 9.17) is 0 Å². The summed E-state index contributed by atoms with van der Waals surface area (Å²) in [5.74, 6) is 0.632. The molecule has 1 atom stereocenters. The predicted molar refractivity (Wildman–Crippen MR) is 78.2 cm³/mol. The lowest BCUT2D eigenvalue weighted by atomic mass is 9.87. The number of hydrogen-bond donors (Lipinski definition) is 0. The molecule has 92 valence electrons. The van der Waals surface area contributed by atoms with E-state index < -0.39 is 0 Å². The monoisotopic (exact) mass is 228 g/mol. The van der Waals surface area contributed by atoms with Gasteiger partial charge in [0.2, 0.25) is 0 Å². The molecule has 0 bridgehead atoms. The van der Waals surface area contributed by atoms with Crippen molar-refractivity contribution in [2.75, 3.05) is 0 Å². The van der Waals surface area contributed by atoms with Gasteiger partial charge in [0.05, 0.1) is 0 Å². The summed E-state index contributed by atoms with van der Waals surface area (Å²) in [6.07, 6.45) is 8.98. The molecule has 0 saturated heterocycles. The summed E-state index contributed by atoms with van der Waals surface area (Å²) in [6.45, 7) is 8.53. The number of fused-ring (bicyclic) bond motifs is 1. The molecule has 0 aromatic heterocycles. The molecule has 0 spiro atoms. The Hall–Kier alpha value is -1.30. The van der Waals surface area contributed by atoms with Crippen molar-refractivity contribution >= 4 is 5.57 Å². The van der Waals surface area contributed by atoms with Crippen molar-refractivity contribution < 1.29 is 0 Å². The van der Waals surface area contributed by atoms with E-state index in [0.717, 1.165) is 12.8 Å². The molecule has 0 amide bonds. The van der Waals surface area contributed by atoms with Gasteiger partial charge in [-0.3, -0.25) is 0 Å². The van der Waals surface area contributed by atoms with Crippen molar-refractivity contribution in [1.29, 1.82) is 0 Å². The van der Waals surface area contributed by atoms with E-state index in [9.17, 15) is 0 Å². The third-order valence-electron chi connectivity index (χ3n) is 3.14. The fourth-order valence-corrected chi connectivity index (χ4v) is 2.21. The first-order chi connectivity index (χ1) is 8.33. The second-order valence-corrected chi connectivity index (χ2v) is 4.20. The van der Waals surface area contributed by atoms with E-state index in [1.165, 1.54) is 16.7 Å². The zero-order valence-electron chi connectivity index (χ0n) is 11.5. The standard InChI is InChI=1S/C15H18.C2H6/c1-3-13-9-5-4-8-12(2)14-10-6-7-11-15(13)14;1-2/h4-7,9-12H,3,8H2,1-2H3;1-2H3/b5-4+,13-9-;. The molecule has 0 nitrogen and oxygen atoms in total. The van der Waals surface area contributed by atoms with Crippen LogP contribution >= 0.6 is 0 Å². The van der Waals surface area contributed by atoms with E-state index >= 15 is 0 Å². The normalized spacial score (nSPS) is 23.1. The van der Waals surface area contributed by atoms with E-state index in [-0.39, 0.29) is 0 Å². The van der Waals surface area contributed by atoms with Crippen molar-refractivity contribution in [2.24, 2.45) is 0 Å². The highest BCUT2D eigenvalue weighted by Crippen LogP contribution is 2.31. The first kappa shape index (κ1) is 13.8. The van der Waals surface area contributed by atoms with E-state index in [1.54, 1.807) is 0 Å². The predicted octanol–water partition coefficient (Wildman–Crippen LogP) is 5.57. The highest BCUT2D eigenvalue weighted by molar-refractivity contribution is 5.70. The van der Waals surface area contributed by atoms with Gasteiger partial charge in [-0.25, -0.2) is 0 Å². The largest absolute Gasteiger partial charge is 0.0839 e. The van der Waals surface area contributed by atoms with E-state index in [0.29, 0.717) is 5.92 Å². The van der Waals surface area contributed by atoms with E-state index in [2.05, 4.69) is 56.3 Å². The lowest BCUT2D eigenvalue weighted by Crippen LogP contribution is -1.99. The van der Waals surface area contributed by atoms with Crippen molar-refractivity contribution in [3.8, 4) is 0 Å². The molecule has 1 aliphatic rings. The van der Waals surface area contributed by atoms with Gasteiger partial charge in [0, 0.05) is 0 Å². The summed E-state index contributed by atoms with van der Waals surface area (Å²) in [5, 5.41) is 0. The molecule has 0 N–H and O–H groups in total. The molecule has 1 aliphatic carbocycles. The van der Waals surface area contributed by atoms with Crippen LogP contribution in [-0.4, -0.2) is 0 Å². The van der Waals surface area contributed by atoms with Crippen molar-refractivity contribution in [3.05, 3.63) is 53.6 Å².